The molecule has 1 aromatic carbocycles. The Balaban J connectivity index is 1.73. The maximum Gasteiger partial charge on any atom is 0.309 e. The predicted octanol–water partition coefficient (Wildman–Crippen LogP) is 4.71. The summed E-state index contributed by atoms with van der Waals surface area (Å²) in [6, 6.07) is 7.43. The van der Waals surface area contributed by atoms with Crippen LogP contribution in [0.15, 0.2) is 48.0 Å². The van der Waals surface area contributed by atoms with Gasteiger partial charge in [0, 0.05) is 34.0 Å². The zero-order valence-electron chi connectivity index (χ0n) is 19.4. The third-order valence-electron chi connectivity index (χ3n) is 6.38. The minimum absolute atomic E-state index is 0.432. The van der Waals surface area contributed by atoms with E-state index in [-0.39, 0.29) is 0 Å². The summed E-state index contributed by atoms with van der Waals surface area (Å²) in [6.07, 6.45) is 5.49. The van der Waals surface area contributed by atoms with E-state index in [2.05, 4.69) is 34.0 Å². The van der Waals surface area contributed by atoms with Gasteiger partial charge in [0.15, 0.2) is 5.82 Å². The number of thiophene rings is 1. The average molecular weight is 473 g/mol. The van der Waals surface area contributed by atoms with Crippen LogP contribution >= 0.6 is 11.3 Å². The van der Waals surface area contributed by atoms with Gasteiger partial charge < -0.3 is 5.11 Å². The van der Waals surface area contributed by atoms with Gasteiger partial charge in [0.1, 0.15) is 23.2 Å². The topological polar surface area (TPSA) is 106 Å². The molecule has 1 N–H and O–H groups in total. The smallest absolute Gasteiger partial charge is 0.309 e. The molecule has 0 bridgehead atoms. The molecule has 4 aromatic rings. The van der Waals surface area contributed by atoms with Gasteiger partial charge in [0.05, 0.1) is 11.6 Å². The summed E-state index contributed by atoms with van der Waals surface area (Å²) in [6.45, 7) is 7.94. The lowest BCUT2D eigenvalue weighted by atomic mass is 9.95. The Kier molecular flexibility index (Phi) is 5.57. The maximum absolute atomic E-state index is 12.2. The number of aliphatic carboxylic acids is 1. The van der Waals surface area contributed by atoms with Crippen LogP contribution in [0.3, 0.4) is 0 Å². The number of aryl methyl sites for hydroxylation is 2. The third-order valence-corrected chi connectivity index (χ3v) is 7.57. The second-order valence-electron chi connectivity index (χ2n) is 8.38. The molecule has 2 atom stereocenters. The van der Waals surface area contributed by atoms with Gasteiger partial charge in [-0.2, -0.15) is 0 Å². The standard InChI is InChI=1S/C25H24N6O2S/c1-5-19(25(32)33)22-23-30-29-15(4)31(23)24-20(13(2)14(3)34-24)21(28-22)17-8-6-16(7-9-17)18-10-26-12-27-11-18/h6-12,19,22H,5H2,1-4H3,(H,32,33)/t19?,22-/m0/s1. The maximum atomic E-state index is 12.2. The van der Waals surface area contributed by atoms with E-state index in [9.17, 15) is 9.90 Å². The number of benzene rings is 1. The van der Waals surface area contributed by atoms with Crippen molar-refractivity contribution >= 4 is 23.0 Å². The number of carbonyl (C=O) groups is 1. The number of carboxylic acid groups (broad SMARTS) is 1. The first-order valence-corrected chi connectivity index (χ1v) is 11.9. The van der Waals surface area contributed by atoms with Crippen molar-refractivity contribution < 1.29 is 9.90 Å². The lowest BCUT2D eigenvalue weighted by molar-refractivity contribution is -0.142. The number of hydrogen-bond acceptors (Lipinski definition) is 7. The van der Waals surface area contributed by atoms with Crippen LogP contribution in [0.25, 0.3) is 16.1 Å². The highest BCUT2D eigenvalue weighted by atomic mass is 32.1. The Labute approximate surface area is 201 Å². The molecule has 9 heteroatoms. The molecular weight excluding hydrogens is 448 g/mol. The van der Waals surface area contributed by atoms with Gasteiger partial charge in [-0.3, -0.25) is 14.4 Å². The van der Waals surface area contributed by atoms with E-state index in [1.165, 1.54) is 11.2 Å². The lowest BCUT2D eigenvalue weighted by Crippen LogP contribution is -2.23. The van der Waals surface area contributed by atoms with Gasteiger partial charge in [0.25, 0.3) is 0 Å². The highest BCUT2D eigenvalue weighted by Gasteiger charge is 2.37. The van der Waals surface area contributed by atoms with E-state index < -0.39 is 17.9 Å². The molecular formula is C25H24N6O2S. The molecule has 0 aliphatic carbocycles. The van der Waals surface area contributed by atoms with Crippen LogP contribution in [0.4, 0.5) is 0 Å². The van der Waals surface area contributed by atoms with Crippen molar-refractivity contribution in [2.24, 2.45) is 10.9 Å². The second kappa shape index (κ2) is 8.57. The molecule has 0 saturated carbocycles. The monoisotopic (exact) mass is 472 g/mol. The average Bonchev–Trinajstić information content (AvgIpc) is 3.31. The van der Waals surface area contributed by atoms with Crippen molar-refractivity contribution in [3.63, 3.8) is 0 Å². The summed E-state index contributed by atoms with van der Waals surface area (Å²) in [4.78, 5) is 26.7. The Morgan fingerprint density at radius 3 is 2.38 bits per heavy atom. The fourth-order valence-corrected chi connectivity index (χ4v) is 5.63. The molecule has 34 heavy (non-hydrogen) atoms. The Bertz CT molecular complexity index is 1410. The van der Waals surface area contributed by atoms with Gasteiger partial charge in [-0.1, -0.05) is 31.2 Å². The molecule has 0 amide bonds. The Hall–Kier alpha value is -3.72. The normalized spacial score (nSPS) is 15.8. The molecule has 0 radical (unpaired) electrons. The molecule has 0 saturated heterocycles. The van der Waals surface area contributed by atoms with E-state index >= 15 is 0 Å². The van der Waals surface area contributed by atoms with Crippen molar-refractivity contribution in [2.45, 2.75) is 40.2 Å². The Morgan fingerprint density at radius 1 is 1.06 bits per heavy atom. The van der Waals surface area contributed by atoms with E-state index in [0.717, 1.165) is 44.4 Å². The SMILES string of the molecule is CCC(C(=O)O)[C@@H]1N=C(c2ccc(-c3cncnc3)cc2)c2c(sc(C)c2C)-n2c(C)nnc21. The minimum Gasteiger partial charge on any atom is -0.481 e. The van der Waals surface area contributed by atoms with Gasteiger partial charge >= 0.3 is 5.97 Å². The second-order valence-corrected chi connectivity index (χ2v) is 9.59. The van der Waals surface area contributed by atoms with Crippen molar-refractivity contribution in [3.05, 3.63) is 76.2 Å². The summed E-state index contributed by atoms with van der Waals surface area (Å²) in [5, 5.41) is 19.7. The zero-order valence-corrected chi connectivity index (χ0v) is 20.2. The van der Waals surface area contributed by atoms with E-state index in [1.54, 1.807) is 23.7 Å². The summed E-state index contributed by atoms with van der Waals surface area (Å²) in [5.41, 5.74) is 5.76. The molecule has 1 aliphatic rings. The van der Waals surface area contributed by atoms with Crippen molar-refractivity contribution in [1.29, 1.82) is 0 Å². The van der Waals surface area contributed by atoms with E-state index in [0.29, 0.717) is 12.2 Å². The largest absolute Gasteiger partial charge is 0.481 e. The molecule has 5 rings (SSSR count). The molecule has 1 unspecified atom stereocenters. The van der Waals surface area contributed by atoms with Crippen LogP contribution in [0.5, 0.6) is 0 Å². The molecule has 0 spiro atoms. The fraction of sp³-hybridized carbons (Fsp3) is 0.280. The molecule has 8 nitrogen and oxygen atoms in total. The third kappa shape index (κ3) is 3.52. The summed E-state index contributed by atoms with van der Waals surface area (Å²) >= 11 is 1.66. The van der Waals surface area contributed by atoms with Crippen LogP contribution < -0.4 is 0 Å². The number of aliphatic imine (C=N–C) groups is 1. The highest BCUT2D eigenvalue weighted by molar-refractivity contribution is 7.15. The summed E-state index contributed by atoms with van der Waals surface area (Å²) in [5.74, 6) is -0.310. The van der Waals surface area contributed by atoms with Crippen LogP contribution in [0, 0.1) is 26.7 Å². The van der Waals surface area contributed by atoms with Crippen LogP contribution in [-0.4, -0.2) is 41.5 Å². The first-order valence-electron chi connectivity index (χ1n) is 11.1. The number of rotatable bonds is 5. The van der Waals surface area contributed by atoms with Crippen molar-refractivity contribution in [3.8, 4) is 16.1 Å². The predicted molar refractivity (Wildman–Crippen MR) is 131 cm³/mol. The van der Waals surface area contributed by atoms with Gasteiger partial charge in [-0.15, -0.1) is 21.5 Å². The van der Waals surface area contributed by atoms with Gasteiger partial charge in [-0.05, 0) is 38.3 Å². The molecule has 0 fully saturated rings. The first-order chi connectivity index (χ1) is 16.4. The number of fused-ring (bicyclic) bond motifs is 3. The van der Waals surface area contributed by atoms with E-state index in [1.807, 2.05) is 42.7 Å². The highest BCUT2D eigenvalue weighted by Crippen LogP contribution is 2.41. The number of nitrogens with zero attached hydrogens (tertiary/aromatic N) is 6. The number of aromatic nitrogens is 5. The minimum atomic E-state index is -0.889. The molecule has 4 heterocycles. The number of hydrogen-bond donors (Lipinski definition) is 1. The van der Waals surface area contributed by atoms with Crippen LogP contribution in [0.2, 0.25) is 0 Å². The summed E-state index contributed by atoms with van der Waals surface area (Å²) < 4.78 is 1.99. The molecule has 3 aromatic heterocycles. The Morgan fingerprint density at radius 2 is 1.74 bits per heavy atom. The van der Waals surface area contributed by atoms with Crippen LogP contribution in [0.1, 0.15) is 52.6 Å². The van der Waals surface area contributed by atoms with Gasteiger partial charge in [-0.25, -0.2) is 9.97 Å². The first kappa shape index (κ1) is 22.1. The fourth-order valence-electron chi connectivity index (χ4n) is 4.42. The molecule has 1 aliphatic heterocycles. The van der Waals surface area contributed by atoms with E-state index in [4.69, 9.17) is 4.99 Å². The summed E-state index contributed by atoms with van der Waals surface area (Å²) in [7, 11) is 0. The zero-order chi connectivity index (χ0) is 24.0. The lowest BCUT2D eigenvalue weighted by Gasteiger charge is -2.18. The van der Waals surface area contributed by atoms with Gasteiger partial charge in [0.2, 0.25) is 0 Å². The van der Waals surface area contributed by atoms with Crippen molar-refractivity contribution in [1.82, 2.24) is 24.7 Å². The van der Waals surface area contributed by atoms with Crippen LogP contribution in [-0.2, 0) is 4.79 Å². The number of carboxylic acids is 1. The quantitative estimate of drug-likeness (QED) is 0.451. The molecule has 172 valence electrons. The van der Waals surface area contributed by atoms with Crippen molar-refractivity contribution in [2.75, 3.05) is 0 Å².